The Morgan fingerprint density at radius 2 is 2.07 bits per heavy atom. The second-order valence-corrected chi connectivity index (χ2v) is 6.22. The van der Waals surface area contributed by atoms with Gasteiger partial charge in [-0.25, -0.2) is 0 Å². The van der Waals surface area contributed by atoms with E-state index in [1.54, 1.807) is 24.3 Å². The number of nitrogens with zero attached hydrogens (tertiary/aromatic N) is 2. The number of nitro benzene ring substituents is 1. The van der Waals surface area contributed by atoms with Gasteiger partial charge in [0.2, 0.25) is 0 Å². The number of para-hydroxylation sites is 1. The molecule has 1 atom stereocenters. The Bertz CT molecular complexity index is 1030. The number of methoxy groups -OCH3 is 1. The molecule has 1 amide bonds. The van der Waals surface area contributed by atoms with Gasteiger partial charge in [0.25, 0.3) is 5.91 Å². The maximum absolute atomic E-state index is 12.8. The molecule has 1 unspecified atom stereocenters. The molecular weight excluding hydrogens is 364 g/mol. The van der Waals surface area contributed by atoms with Crippen LogP contribution < -0.4 is 9.64 Å². The number of hydrogen-bond donors (Lipinski definition) is 1. The fourth-order valence-corrected chi connectivity index (χ4v) is 3.27. The van der Waals surface area contributed by atoms with Gasteiger partial charge in [0.05, 0.1) is 30.7 Å². The number of terminal acetylenes is 1. The van der Waals surface area contributed by atoms with E-state index in [4.69, 9.17) is 11.2 Å². The Hall–Kier alpha value is -3.70. The molecule has 8 heteroatoms. The van der Waals surface area contributed by atoms with Crippen molar-refractivity contribution in [3.05, 3.63) is 63.7 Å². The Labute approximate surface area is 160 Å². The van der Waals surface area contributed by atoms with Crippen LogP contribution in [-0.4, -0.2) is 35.4 Å². The SMILES string of the molecule is C#CCN1C(=O)C(O)(CC(=O)c2ccc(OC)c([N+](=O)[O-])c2)c2ccccc21. The van der Waals surface area contributed by atoms with Crippen LogP contribution in [0, 0.1) is 22.5 Å². The first kappa shape index (κ1) is 19.1. The lowest BCUT2D eigenvalue weighted by molar-refractivity contribution is -0.385. The van der Waals surface area contributed by atoms with Gasteiger partial charge in [0.15, 0.2) is 17.1 Å². The van der Waals surface area contributed by atoms with Gasteiger partial charge in [-0.1, -0.05) is 24.1 Å². The van der Waals surface area contributed by atoms with Crippen molar-refractivity contribution in [2.24, 2.45) is 0 Å². The van der Waals surface area contributed by atoms with E-state index >= 15 is 0 Å². The van der Waals surface area contributed by atoms with Crippen molar-refractivity contribution in [2.75, 3.05) is 18.6 Å². The minimum absolute atomic E-state index is 0.00254. The first-order valence-electron chi connectivity index (χ1n) is 8.26. The summed E-state index contributed by atoms with van der Waals surface area (Å²) >= 11 is 0. The van der Waals surface area contributed by atoms with Gasteiger partial charge in [0, 0.05) is 17.2 Å². The van der Waals surface area contributed by atoms with Crippen molar-refractivity contribution < 1.29 is 24.4 Å². The van der Waals surface area contributed by atoms with Crippen molar-refractivity contribution in [1.82, 2.24) is 0 Å². The Morgan fingerprint density at radius 1 is 1.36 bits per heavy atom. The van der Waals surface area contributed by atoms with Crippen LogP contribution in [0.3, 0.4) is 0 Å². The van der Waals surface area contributed by atoms with Gasteiger partial charge in [-0.3, -0.25) is 24.6 Å². The molecule has 2 aromatic carbocycles. The number of fused-ring (bicyclic) bond motifs is 1. The van der Waals surface area contributed by atoms with E-state index < -0.39 is 28.6 Å². The molecule has 0 radical (unpaired) electrons. The predicted octanol–water partition coefficient (Wildman–Crippen LogP) is 2.04. The zero-order valence-electron chi connectivity index (χ0n) is 14.9. The smallest absolute Gasteiger partial charge is 0.311 e. The summed E-state index contributed by atoms with van der Waals surface area (Å²) in [6, 6.07) is 10.2. The molecule has 0 aliphatic carbocycles. The van der Waals surface area contributed by atoms with E-state index in [1.807, 2.05) is 0 Å². The molecule has 1 aliphatic heterocycles. The van der Waals surface area contributed by atoms with Crippen molar-refractivity contribution in [3.63, 3.8) is 0 Å². The molecule has 1 heterocycles. The summed E-state index contributed by atoms with van der Waals surface area (Å²) in [4.78, 5) is 37.3. The third-order valence-corrected chi connectivity index (χ3v) is 4.60. The van der Waals surface area contributed by atoms with Crippen LogP contribution in [0.25, 0.3) is 0 Å². The summed E-state index contributed by atoms with van der Waals surface area (Å²) in [6.07, 6.45) is 4.74. The molecule has 8 nitrogen and oxygen atoms in total. The molecule has 0 bridgehead atoms. The average molecular weight is 380 g/mol. The summed E-state index contributed by atoms with van der Waals surface area (Å²) in [5.41, 5.74) is -1.79. The number of ether oxygens (including phenoxy) is 1. The molecule has 3 rings (SSSR count). The van der Waals surface area contributed by atoms with Crippen LogP contribution in [0.1, 0.15) is 22.3 Å². The predicted molar refractivity (Wildman–Crippen MR) is 100 cm³/mol. The maximum atomic E-state index is 12.8. The highest BCUT2D eigenvalue weighted by atomic mass is 16.6. The molecule has 0 saturated carbocycles. The Balaban J connectivity index is 1.98. The van der Waals surface area contributed by atoms with Gasteiger partial charge in [-0.2, -0.15) is 0 Å². The van der Waals surface area contributed by atoms with E-state index in [1.165, 1.54) is 24.1 Å². The van der Waals surface area contributed by atoms with Crippen LogP contribution in [0.15, 0.2) is 42.5 Å². The van der Waals surface area contributed by atoms with E-state index in [-0.39, 0.29) is 29.1 Å². The number of benzene rings is 2. The summed E-state index contributed by atoms with van der Waals surface area (Å²) in [5.74, 6) is 1.03. The number of carbonyl (C=O) groups is 2. The largest absolute Gasteiger partial charge is 0.490 e. The van der Waals surface area contributed by atoms with Gasteiger partial charge in [-0.05, 0) is 18.2 Å². The van der Waals surface area contributed by atoms with Crippen LogP contribution >= 0.6 is 0 Å². The Morgan fingerprint density at radius 3 is 2.71 bits per heavy atom. The van der Waals surface area contributed by atoms with E-state index in [0.717, 1.165) is 6.07 Å². The van der Waals surface area contributed by atoms with Gasteiger partial charge in [-0.15, -0.1) is 6.42 Å². The average Bonchev–Trinajstić information content (AvgIpc) is 2.90. The lowest BCUT2D eigenvalue weighted by Crippen LogP contribution is -2.42. The number of Topliss-reactive ketones (excluding diaryl/α,β-unsaturated/α-hetero) is 1. The highest BCUT2D eigenvalue weighted by Crippen LogP contribution is 2.42. The second kappa shape index (κ2) is 7.13. The normalized spacial score (nSPS) is 17.8. The number of rotatable bonds is 6. The molecule has 1 aliphatic rings. The van der Waals surface area contributed by atoms with Crippen LogP contribution in [0.4, 0.5) is 11.4 Å². The van der Waals surface area contributed by atoms with Crippen molar-refractivity contribution in [3.8, 4) is 18.1 Å². The highest BCUT2D eigenvalue weighted by Gasteiger charge is 2.50. The zero-order valence-corrected chi connectivity index (χ0v) is 14.9. The quantitative estimate of drug-likeness (QED) is 0.355. The highest BCUT2D eigenvalue weighted by molar-refractivity contribution is 6.11. The third kappa shape index (κ3) is 2.98. The summed E-state index contributed by atoms with van der Waals surface area (Å²) < 4.78 is 4.92. The molecule has 0 aromatic heterocycles. The number of hydrogen-bond acceptors (Lipinski definition) is 6. The summed E-state index contributed by atoms with van der Waals surface area (Å²) in [6.45, 7) is -0.0552. The number of amides is 1. The first-order valence-corrected chi connectivity index (χ1v) is 8.26. The number of anilines is 1. The zero-order chi connectivity index (χ0) is 20.5. The molecule has 0 spiro atoms. The van der Waals surface area contributed by atoms with Gasteiger partial charge in [0.1, 0.15) is 0 Å². The minimum atomic E-state index is -2.10. The van der Waals surface area contributed by atoms with E-state index in [0.29, 0.717) is 5.69 Å². The fourth-order valence-electron chi connectivity index (χ4n) is 3.27. The third-order valence-electron chi connectivity index (χ3n) is 4.60. The first-order chi connectivity index (χ1) is 13.3. The van der Waals surface area contributed by atoms with Gasteiger partial charge < -0.3 is 9.84 Å². The van der Waals surface area contributed by atoms with Gasteiger partial charge >= 0.3 is 5.69 Å². The molecule has 28 heavy (non-hydrogen) atoms. The van der Waals surface area contributed by atoms with Crippen LogP contribution in [0.2, 0.25) is 0 Å². The topological polar surface area (TPSA) is 110 Å². The molecule has 0 saturated heterocycles. The van der Waals surface area contributed by atoms with Crippen LogP contribution in [-0.2, 0) is 10.4 Å². The monoisotopic (exact) mass is 380 g/mol. The molecule has 142 valence electrons. The maximum Gasteiger partial charge on any atom is 0.311 e. The number of carbonyl (C=O) groups excluding carboxylic acids is 2. The lowest BCUT2D eigenvalue weighted by atomic mass is 9.88. The van der Waals surface area contributed by atoms with Crippen LogP contribution in [0.5, 0.6) is 5.75 Å². The van der Waals surface area contributed by atoms with Crippen molar-refractivity contribution >= 4 is 23.1 Å². The number of ketones is 1. The summed E-state index contributed by atoms with van der Waals surface area (Å²) in [7, 11) is 1.28. The molecule has 1 N–H and O–H groups in total. The summed E-state index contributed by atoms with van der Waals surface area (Å²) in [5, 5.41) is 22.3. The lowest BCUT2D eigenvalue weighted by Gasteiger charge is -2.21. The molecule has 2 aromatic rings. The number of aliphatic hydroxyl groups is 1. The molecule has 0 fully saturated rings. The van der Waals surface area contributed by atoms with E-state index in [9.17, 15) is 24.8 Å². The second-order valence-electron chi connectivity index (χ2n) is 6.22. The van der Waals surface area contributed by atoms with Crippen molar-refractivity contribution in [2.45, 2.75) is 12.0 Å². The van der Waals surface area contributed by atoms with Crippen molar-refractivity contribution in [1.29, 1.82) is 0 Å². The number of nitro groups is 1. The standard InChI is InChI=1S/C20H16N2O6/c1-3-10-21-15-7-5-4-6-14(15)20(25,19(21)24)12-17(23)13-8-9-18(28-2)16(11-13)22(26)27/h1,4-9,11,25H,10,12H2,2H3. The minimum Gasteiger partial charge on any atom is -0.490 e. The molecular formula is C20H16N2O6. The van der Waals surface area contributed by atoms with E-state index in [2.05, 4.69) is 5.92 Å². The fraction of sp³-hybridized carbons (Fsp3) is 0.200. The Kier molecular flexibility index (Phi) is 4.86.